The molecule has 2 N–H and O–H groups in total. The Morgan fingerprint density at radius 2 is 1.66 bits per heavy atom. The topological polar surface area (TPSA) is 104 Å². The van der Waals surface area contributed by atoms with E-state index in [1.54, 1.807) is 6.20 Å². The van der Waals surface area contributed by atoms with Crippen molar-refractivity contribution in [2.75, 3.05) is 11.4 Å². The maximum atomic E-state index is 13.7. The van der Waals surface area contributed by atoms with Crippen molar-refractivity contribution < 1.29 is 26.3 Å². The minimum atomic E-state index is -4.97. The molecule has 2 saturated carbocycles. The van der Waals surface area contributed by atoms with Crippen molar-refractivity contribution in [2.24, 2.45) is 24.6 Å². The molecule has 0 spiro atoms. The van der Waals surface area contributed by atoms with Crippen LogP contribution in [0.15, 0.2) is 30.5 Å². The molecule has 6 rings (SSSR count). The Kier molecular flexibility index (Phi) is 8.01. The van der Waals surface area contributed by atoms with Crippen LogP contribution < -0.4 is 10.6 Å². The third-order valence-corrected chi connectivity index (χ3v) is 8.53. The first-order valence-electron chi connectivity index (χ1n) is 14.7. The van der Waals surface area contributed by atoms with Crippen molar-refractivity contribution in [3.63, 3.8) is 0 Å². The highest BCUT2D eigenvalue weighted by atomic mass is 19.4. The van der Waals surface area contributed by atoms with Crippen LogP contribution in [-0.4, -0.2) is 41.5 Å². The summed E-state index contributed by atoms with van der Waals surface area (Å²) >= 11 is 0. The summed E-state index contributed by atoms with van der Waals surface area (Å²) in [6.45, 7) is 0.812. The molecule has 0 bridgehead atoms. The van der Waals surface area contributed by atoms with Gasteiger partial charge in [0, 0.05) is 37.5 Å². The normalized spacial score (nSPS) is 16.8. The zero-order valence-corrected chi connectivity index (χ0v) is 24.1. The molecule has 1 aromatic carbocycles. The highest BCUT2D eigenvalue weighted by Gasteiger charge is 2.37. The molecule has 1 atom stereocenters. The van der Waals surface area contributed by atoms with Gasteiger partial charge in [-0.05, 0) is 71.7 Å². The van der Waals surface area contributed by atoms with Gasteiger partial charge in [-0.2, -0.15) is 36.2 Å². The highest BCUT2D eigenvalue weighted by molar-refractivity contribution is 5.76. The summed E-state index contributed by atoms with van der Waals surface area (Å²) < 4.78 is 83.8. The average molecular weight is 622 g/mol. The Morgan fingerprint density at radius 1 is 0.955 bits per heavy atom. The van der Waals surface area contributed by atoms with Crippen molar-refractivity contribution >= 4 is 17.0 Å². The third kappa shape index (κ3) is 6.66. The number of halogens is 6. The summed E-state index contributed by atoms with van der Waals surface area (Å²) in [4.78, 5) is 7.78. The molecule has 236 valence electrons. The number of fused-ring (bicyclic) bond motifs is 1. The van der Waals surface area contributed by atoms with Gasteiger partial charge in [-0.3, -0.25) is 0 Å². The van der Waals surface area contributed by atoms with Crippen molar-refractivity contribution in [2.45, 2.75) is 76.4 Å². The first-order chi connectivity index (χ1) is 20.9. The smallest absolute Gasteiger partial charge is 0.330 e. The van der Waals surface area contributed by atoms with Crippen LogP contribution in [0.4, 0.5) is 32.3 Å². The molecule has 9 nitrogen and oxygen atoms in total. The lowest BCUT2D eigenvalue weighted by molar-refractivity contribution is -0.143. The third-order valence-electron chi connectivity index (χ3n) is 8.53. The Bertz CT molecular complexity index is 1590. The van der Waals surface area contributed by atoms with Gasteiger partial charge in [0.2, 0.25) is 0 Å². The SMILES string of the molecule is Cn1nnc(N(Cc2cc(C(F)(F)F)cc(C(F)(F)F)c2)Cc2cc3cnn(CC4CC4)c3nc2C(CN)CC2CCC2)n1. The molecule has 4 aromatic rings. The quantitative estimate of drug-likeness (QED) is 0.210. The molecular formula is C29H33F6N9. The van der Waals surface area contributed by atoms with Gasteiger partial charge < -0.3 is 10.6 Å². The van der Waals surface area contributed by atoms with Gasteiger partial charge in [-0.1, -0.05) is 24.4 Å². The molecule has 2 aliphatic carbocycles. The van der Waals surface area contributed by atoms with Crippen LogP contribution in [-0.2, 0) is 39.0 Å². The van der Waals surface area contributed by atoms with E-state index in [1.165, 1.54) is 23.2 Å². The number of benzene rings is 1. The van der Waals surface area contributed by atoms with Crippen LogP contribution in [0.1, 0.15) is 72.4 Å². The zero-order valence-electron chi connectivity index (χ0n) is 24.1. The fourth-order valence-electron chi connectivity index (χ4n) is 5.81. The highest BCUT2D eigenvalue weighted by Crippen LogP contribution is 2.39. The lowest BCUT2D eigenvalue weighted by atomic mass is 9.77. The molecule has 0 radical (unpaired) electrons. The lowest BCUT2D eigenvalue weighted by Gasteiger charge is -2.30. The molecule has 44 heavy (non-hydrogen) atoms. The minimum absolute atomic E-state index is 0.0521. The van der Waals surface area contributed by atoms with Crippen LogP contribution in [0, 0.1) is 11.8 Å². The summed E-state index contributed by atoms with van der Waals surface area (Å²) in [6, 6.07) is 3.51. The van der Waals surface area contributed by atoms with E-state index in [9.17, 15) is 26.3 Å². The number of aromatic nitrogens is 7. The van der Waals surface area contributed by atoms with Crippen LogP contribution in [0.25, 0.3) is 11.0 Å². The zero-order chi connectivity index (χ0) is 31.2. The van der Waals surface area contributed by atoms with Crippen LogP contribution >= 0.6 is 0 Å². The van der Waals surface area contributed by atoms with Gasteiger partial charge in [0.25, 0.3) is 5.95 Å². The van der Waals surface area contributed by atoms with Crippen molar-refractivity contribution in [3.8, 4) is 0 Å². The molecule has 0 amide bonds. The molecular weight excluding hydrogens is 588 g/mol. The molecule has 0 saturated heterocycles. The Hall–Kier alpha value is -3.75. The predicted octanol–water partition coefficient (Wildman–Crippen LogP) is 5.84. The summed E-state index contributed by atoms with van der Waals surface area (Å²) in [6.07, 6.45) is -1.69. The molecule has 3 heterocycles. The van der Waals surface area contributed by atoms with Crippen molar-refractivity contribution in [3.05, 3.63) is 58.4 Å². The summed E-state index contributed by atoms with van der Waals surface area (Å²) in [5, 5.41) is 17.5. The average Bonchev–Trinajstić information content (AvgIpc) is 3.52. The van der Waals surface area contributed by atoms with E-state index in [0.717, 1.165) is 73.1 Å². The Morgan fingerprint density at radius 3 is 2.20 bits per heavy atom. The molecule has 2 aliphatic rings. The second-order valence-electron chi connectivity index (χ2n) is 12.0. The number of nitrogens with zero attached hydrogens (tertiary/aromatic N) is 8. The van der Waals surface area contributed by atoms with E-state index in [-0.39, 0.29) is 36.6 Å². The number of hydrogen-bond acceptors (Lipinski definition) is 7. The molecule has 15 heteroatoms. The number of anilines is 1. The molecule has 0 aliphatic heterocycles. The van der Waals surface area contributed by atoms with Crippen LogP contribution in [0.5, 0.6) is 0 Å². The van der Waals surface area contributed by atoms with Gasteiger partial charge in [0.05, 0.1) is 30.1 Å². The van der Waals surface area contributed by atoms with Gasteiger partial charge in [-0.15, -0.1) is 5.10 Å². The summed E-state index contributed by atoms with van der Waals surface area (Å²) in [5.41, 5.74) is 5.55. The molecule has 3 aromatic heterocycles. The Balaban J connectivity index is 1.41. The van der Waals surface area contributed by atoms with Crippen molar-refractivity contribution in [1.29, 1.82) is 0 Å². The van der Waals surface area contributed by atoms with Crippen LogP contribution in [0.3, 0.4) is 0 Å². The molecule has 2 fully saturated rings. The standard InChI is InChI=1S/C29H33F6N9/c1-42-40-27(39-41-42)43(14-19-8-23(28(30,31)32)11-24(9-19)29(33,34)35)16-22-10-21-13-37-44(15-18-5-6-18)26(21)38-25(22)20(12-36)7-17-3-2-4-17/h8-11,13,17-18,20H,2-7,12,14-16,36H2,1H3. The van der Waals surface area contributed by atoms with Gasteiger partial charge in [0.15, 0.2) is 5.65 Å². The predicted molar refractivity (Wildman–Crippen MR) is 149 cm³/mol. The fraction of sp³-hybridized carbons (Fsp3) is 0.552. The Labute approximate surface area is 249 Å². The monoisotopic (exact) mass is 621 g/mol. The largest absolute Gasteiger partial charge is 0.416 e. The van der Waals surface area contributed by atoms with E-state index in [1.807, 2.05) is 10.7 Å². The first-order valence-corrected chi connectivity index (χ1v) is 14.7. The summed E-state index contributed by atoms with van der Waals surface area (Å²) in [5.74, 6) is 1.05. The van der Waals surface area contributed by atoms with Gasteiger partial charge >= 0.3 is 12.4 Å². The number of rotatable bonds is 11. The van der Waals surface area contributed by atoms with Crippen molar-refractivity contribution in [1.82, 2.24) is 35.0 Å². The number of aryl methyl sites for hydroxylation is 1. The second-order valence-corrected chi connectivity index (χ2v) is 12.0. The van der Waals surface area contributed by atoms with Gasteiger partial charge in [0.1, 0.15) is 0 Å². The second kappa shape index (κ2) is 11.6. The number of nitrogens with two attached hydrogens (primary N) is 1. The first kappa shape index (κ1) is 30.3. The maximum absolute atomic E-state index is 13.7. The van der Waals surface area contributed by atoms with Crippen LogP contribution in [0.2, 0.25) is 0 Å². The summed E-state index contributed by atoms with van der Waals surface area (Å²) in [7, 11) is 1.52. The minimum Gasteiger partial charge on any atom is -0.330 e. The number of hydrogen-bond donors (Lipinski definition) is 1. The van der Waals surface area contributed by atoms with E-state index in [0.29, 0.717) is 18.4 Å². The fourth-order valence-corrected chi connectivity index (χ4v) is 5.81. The van der Waals surface area contributed by atoms with E-state index >= 15 is 0 Å². The van der Waals surface area contributed by atoms with E-state index < -0.39 is 23.5 Å². The van der Waals surface area contributed by atoms with E-state index in [2.05, 4.69) is 20.5 Å². The number of alkyl halides is 6. The molecule has 1 unspecified atom stereocenters. The number of pyridine rings is 1. The van der Waals surface area contributed by atoms with E-state index in [4.69, 9.17) is 10.7 Å². The number of tetrazole rings is 1. The van der Waals surface area contributed by atoms with Gasteiger partial charge in [-0.25, -0.2) is 9.67 Å². The maximum Gasteiger partial charge on any atom is 0.416 e. The lowest BCUT2D eigenvalue weighted by Crippen LogP contribution is -2.27.